The Labute approximate surface area is 121 Å². The maximum Gasteiger partial charge on any atom is 0.394 e. The number of halogens is 4. The van der Waals surface area contributed by atoms with Crippen LogP contribution in [0.3, 0.4) is 0 Å². The number of carboxylic acids is 1. The summed E-state index contributed by atoms with van der Waals surface area (Å²) < 4.78 is 51.3. The molecule has 1 aliphatic heterocycles. The molecule has 0 unspecified atom stereocenters. The first-order valence-corrected chi connectivity index (χ1v) is 6.14. The van der Waals surface area contributed by atoms with Gasteiger partial charge in [0.2, 0.25) is 0 Å². The second-order valence-corrected chi connectivity index (χ2v) is 4.82. The number of nitrogens with zero attached hydrogens (tertiary/aromatic N) is 2. The number of carboxylic acid groups (broad SMARTS) is 1. The van der Waals surface area contributed by atoms with Gasteiger partial charge in [0.05, 0.1) is 29.9 Å². The van der Waals surface area contributed by atoms with E-state index in [1.54, 1.807) is 0 Å². The van der Waals surface area contributed by atoms with Crippen molar-refractivity contribution in [1.29, 1.82) is 0 Å². The molecule has 0 radical (unpaired) electrons. The van der Waals surface area contributed by atoms with Gasteiger partial charge >= 0.3 is 18.2 Å². The van der Waals surface area contributed by atoms with Gasteiger partial charge in [-0.25, -0.2) is 9.18 Å². The molecule has 2 amide bonds. The smallest absolute Gasteiger partial charge is 0.394 e. The highest BCUT2D eigenvalue weighted by molar-refractivity contribution is 5.90. The fraction of sp³-hybridized carbons (Fsp3) is 0.417. The molecular weight excluding hydrogens is 310 g/mol. The van der Waals surface area contributed by atoms with Gasteiger partial charge in [-0.1, -0.05) is 0 Å². The minimum atomic E-state index is -4.72. The Hall–Kier alpha value is -2.39. The van der Waals surface area contributed by atoms with E-state index in [2.05, 4.69) is 10.3 Å². The Kier molecular flexibility index (Phi) is 4.20. The number of hydrogen-bond donors (Lipinski definition) is 2. The van der Waals surface area contributed by atoms with Crippen LogP contribution in [0.15, 0.2) is 18.5 Å². The molecule has 1 saturated heterocycles. The van der Waals surface area contributed by atoms with Gasteiger partial charge in [0, 0.05) is 19.2 Å². The van der Waals surface area contributed by atoms with Crippen LogP contribution in [0.4, 0.5) is 28.0 Å². The molecule has 2 heterocycles. The first-order valence-electron chi connectivity index (χ1n) is 6.14. The number of hydrogen-bond acceptors (Lipinski definition) is 3. The molecule has 0 spiro atoms. The second-order valence-electron chi connectivity index (χ2n) is 4.82. The summed E-state index contributed by atoms with van der Waals surface area (Å²) >= 11 is 0. The number of nitrogens with one attached hydrogen (secondary N) is 1. The predicted molar refractivity (Wildman–Crippen MR) is 65.5 cm³/mol. The topological polar surface area (TPSA) is 82.5 Å². The van der Waals surface area contributed by atoms with Gasteiger partial charge in [-0.3, -0.25) is 9.78 Å². The van der Waals surface area contributed by atoms with Crippen molar-refractivity contribution in [1.82, 2.24) is 9.88 Å². The summed E-state index contributed by atoms with van der Waals surface area (Å²) in [6, 6.07) is 0.00192. The summed E-state index contributed by atoms with van der Waals surface area (Å²) in [5.74, 6) is -6.21. The van der Waals surface area contributed by atoms with Crippen molar-refractivity contribution >= 4 is 17.7 Å². The molecule has 0 aliphatic carbocycles. The van der Waals surface area contributed by atoms with Crippen LogP contribution in [0.25, 0.3) is 0 Å². The van der Waals surface area contributed by atoms with Crippen LogP contribution >= 0.6 is 0 Å². The van der Waals surface area contributed by atoms with Crippen molar-refractivity contribution in [3.8, 4) is 0 Å². The van der Waals surface area contributed by atoms with Crippen LogP contribution in [-0.4, -0.2) is 46.3 Å². The highest BCUT2D eigenvalue weighted by Crippen LogP contribution is 2.37. The van der Waals surface area contributed by atoms with Gasteiger partial charge in [-0.15, -0.1) is 0 Å². The molecule has 120 valence electrons. The molecule has 0 bridgehead atoms. The minimum absolute atomic E-state index is 0.0349. The van der Waals surface area contributed by atoms with E-state index in [1.165, 1.54) is 0 Å². The minimum Gasteiger partial charge on any atom is -0.481 e. The number of aliphatic carboxylic acids is 1. The molecule has 0 saturated carbocycles. The van der Waals surface area contributed by atoms with E-state index < -0.39 is 48.9 Å². The van der Waals surface area contributed by atoms with Gasteiger partial charge in [-0.2, -0.15) is 13.2 Å². The van der Waals surface area contributed by atoms with E-state index in [-0.39, 0.29) is 5.69 Å². The maximum atomic E-state index is 12.9. The number of alkyl halides is 3. The molecule has 2 rings (SSSR count). The van der Waals surface area contributed by atoms with Crippen LogP contribution in [-0.2, 0) is 4.79 Å². The summed E-state index contributed by atoms with van der Waals surface area (Å²) in [5.41, 5.74) is -0.0349. The fourth-order valence-corrected chi connectivity index (χ4v) is 2.23. The third-order valence-corrected chi connectivity index (χ3v) is 3.30. The number of anilines is 1. The zero-order valence-corrected chi connectivity index (χ0v) is 11.0. The molecule has 0 aromatic carbocycles. The SMILES string of the molecule is O=C(O)[C@@H]1CN(C(=O)Nc2cncc(F)c2)C[C@H]1C(F)(F)F. The third kappa shape index (κ3) is 3.43. The van der Waals surface area contributed by atoms with E-state index in [0.29, 0.717) is 0 Å². The quantitative estimate of drug-likeness (QED) is 0.816. The number of rotatable bonds is 2. The van der Waals surface area contributed by atoms with Crippen molar-refractivity contribution in [3.05, 3.63) is 24.3 Å². The first kappa shape index (κ1) is 16.0. The third-order valence-electron chi connectivity index (χ3n) is 3.30. The Balaban J connectivity index is 2.10. The number of carbonyl (C=O) groups excluding carboxylic acids is 1. The van der Waals surface area contributed by atoms with Gasteiger partial charge in [0.15, 0.2) is 0 Å². The zero-order chi connectivity index (χ0) is 16.5. The average Bonchev–Trinajstić information content (AvgIpc) is 2.83. The van der Waals surface area contributed by atoms with E-state index in [1.807, 2.05) is 0 Å². The molecule has 1 fully saturated rings. The molecular formula is C12H11F4N3O3. The number of carbonyl (C=O) groups is 2. The van der Waals surface area contributed by atoms with Crippen LogP contribution in [0.1, 0.15) is 0 Å². The van der Waals surface area contributed by atoms with Crippen molar-refractivity contribution < 1.29 is 32.3 Å². The van der Waals surface area contributed by atoms with Crippen molar-refractivity contribution in [2.24, 2.45) is 11.8 Å². The Morgan fingerprint density at radius 2 is 2.00 bits per heavy atom. The lowest BCUT2D eigenvalue weighted by Crippen LogP contribution is -2.35. The van der Waals surface area contributed by atoms with Gasteiger partial charge < -0.3 is 15.3 Å². The van der Waals surface area contributed by atoms with Gasteiger partial charge in [0.1, 0.15) is 5.82 Å². The van der Waals surface area contributed by atoms with Crippen molar-refractivity contribution in [2.45, 2.75) is 6.18 Å². The van der Waals surface area contributed by atoms with Crippen LogP contribution in [0.5, 0.6) is 0 Å². The highest BCUT2D eigenvalue weighted by atomic mass is 19.4. The Morgan fingerprint density at radius 1 is 1.32 bits per heavy atom. The molecule has 22 heavy (non-hydrogen) atoms. The summed E-state index contributed by atoms with van der Waals surface area (Å²) in [4.78, 5) is 27.0. The Morgan fingerprint density at radius 3 is 2.50 bits per heavy atom. The summed E-state index contributed by atoms with van der Waals surface area (Å²) in [6.07, 6.45) is -2.71. The predicted octanol–water partition coefficient (Wildman–Crippen LogP) is 1.95. The van der Waals surface area contributed by atoms with Crippen LogP contribution in [0, 0.1) is 17.7 Å². The Bertz CT molecular complexity index is 593. The molecule has 1 aromatic rings. The zero-order valence-electron chi connectivity index (χ0n) is 11.0. The normalized spacial score (nSPS) is 21.7. The maximum absolute atomic E-state index is 12.9. The van der Waals surface area contributed by atoms with E-state index in [4.69, 9.17) is 5.11 Å². The van der Waals surface area contributed by atoms with Crippen LogP contribution in [0.2, 0.25) is 0 Å². The number of amides is 2. The van der Waals surface area contributed by atoms with Gasteiger partial charge in [0.25, 0.3) is 0 Å². The second kappa shape index (κ2) is 5.78. The van der Waals surface area contributed by atoms with E-state index >= 15 is 0 Å². The number of urea groups is 1. The molecule has 10 heteroatoms. The van der Waals surface area contributed by atoms with Crippen molar-refractivity contribution in [2.75, 3.05) is 18.4 Å². The molecule has 2 N–H and O–H groups in total. The molecule has 2 atom stereocenters. The lowest BCUT2D eigenvalue weighted by Gasteiger charge is -2.18. The molecule has 6 nitrogen and oxygen atoms in total. The first-order chi connectivity index (χ1) is 10.2. The average molecular weight is 321 g/mol. The van der Waals surface area contributed by atoms with E-state index in [9.17, 15) is 27.2 Å². The van der Waals surface area contributed by atoms with Gasteiger partial charge in [-0.05, 0) is 0 Å². The number of aromatic nitrogens is 1. The number of likely N-dealkylation sites (tertiary alicyclic amines) is 1. The standard InChI is InChI=1S/C12H11F4N3O3/c13-6-1-7(3-17-2-6)18-11(22)19-4-8(10(20)21)9(5-19)12(14,15)16/h1-3,8-9H,4-5H2,(H,18,22)(H,20,21)/t8-,9-/m1/s1. The number of pyridine rings is 1. The van der Waals surface area contributed by atoms with Crippen molar-refractivity contribution in [3.63, 3.8) is 0 Å². The largest absolute Gasteiger partial charge is 0.481 e. The lowest BCUT2D eigenvalue weighted by atomic mass is 9.96. The summed E-state index contributed by atoms with van der Waals surface area (Å²) in [5, 5.41) is 11.0. The van der Waals surface area contributed by atoms with E-state index in [0.717, 1.165) is 23.4 Å². The molecule has 1 aliphatic rings. The lowest BCUT2D eigenvalue weighted by molar-refractivity contribution is -0.187. The summed E-state index contributed by atoms with van der Waals surface area (Å²) in [6.45, 7) is -1.34. The monoisotopic (exact) mass is 321 g/mol. The molecule has 1 aromatic heterocycles. The fourth-order valence-electron chi connectivity index (χ4n) is 2.23. The van der Waals surface area contributed by atoms with Crippen LogP contribution < -0.4 is 5.32 Å². The highest BCUT2D eigenvalue weighted by Gasteiger charge is 2.53. The summed E-state index contributed by atoms with van der Waals surface area (Å²) in [7, 11) is 0.